The summed E-state index contributed by atoms with van der Waals surface area (Å²) < 4.78 is 0. The van der Waals surface area contributed by atoms with Gasteiger partial charge >= 0.3 is 0 Å². The molecule has 0 heterocycles. The smallest absolute Gasteiger partial charge is 0.0191 e. The molecule has 13 aliphatic carbocycles. The molecule has 13 aliphatic rings. The minimum atomic E-state index is 0.522. The lowest BCUT2D eigenvalue weighted by Gasteiger charge is -2.63. The maximum atomic E-state index is 3.62. The third-order valence-electron chi connectivity index (χ3n) is 20.5. The van der Waals surface area contributed by atoms with E-state index in [1.54, 1.807) is 0 Å². The number of hydrogen-bond donors (Lipinski definition) is 8. The quantitative estimate of drug-likeness (QED) is 0.0448. The maximum Gasteiger partial charge on any atom is 0.0191 e. The van der Waals surface area contributed by atoms with Crippen LogP contribution in [0, 0.1) is 35.5 Å². The second-order valence-electron chi connectivity index (χ2n) is 35.4. The number of nitrogens with one attached hydrogen (secondary N) is 8. The zero-order valence-electron chi connectivity index (χ0n) is 66.7. The van der Waals surface area contributed by atoms with Crippen LogP contribution in [0.15, 0.2) is 0 Å². The number of nitrogens with zero attached hydrogens (tertiary/aromatic N) is 3. The van der Waals surface area contributed by atoms with Crippen LogP contribution < -0.4 is 42.5 Å². The Labute approximate surface area is 571 Å². The summed E-state index contributed by atoms with van der Waals surface area (Å²) in [6, 6.07) is 12.8. The van der Waals surface area contributed by atoms with E-state index in [9.17, 15) is 0 Å². The summed E-state index contributed by atoms with van der Waals surface area (Å²) in [5.41, 5.74) is 1.16. The lowest BCUT2D eigenvalue weighted by Crippen LogP contribution is -2.68. The molecule has 13 rings (SSSR count). The zero-order valence-corrected chi connectivity index (χ0v) is 66.7. The van der Waals surface area contributed by atoms with Gasteiger partial charge in [-0.1, -0.05) is 144 Å². The van der Waals surface area contributed by atoms with Gasteiger partial charge in [0.05, 0.1) is 0 Å². The Kier molecular flexibility index (Phi) is 43.1. The first-order chi connectivity index (χ1) is 42.5. The molecular weight excluding hydrogens is 1110 g/mol. The Balaban J connectivity index is 0.000000341. The first-order valence-corrected chi connectivity index (χ1v) is 39.7. The van der Waals surface area contributed by atoms with E-state index in [-0.39, 0.29) is 0 Å². The van der Waals surface area contributed by atoms with Gasteiger partial charge in [-0.3, -0.25) is 0 Å². The predicted molar refractivity (Wildman–Crippen MR) is 406 cm³/mol. The molecule has 11 heteroatoms. The normalized spacial score (nSPS) is 26.1. The monoisotopic (exact) mass is 1280 g/mol. The number of hydrogen-bond acceptors (Lipinski definition) is 11. The van der Waals surface area contributed by atoms with E-state index in [1.165, 1.54) is 174 Å². The van der Waals surface area contributed by atoms with Crippen LogP contribution in [0.2, 0.25) is 0 Å². The summed E-state index contributed by atoms with van der Waals surface area (Å²) in [6.07, 6.45) is 34.3. The fraction of sp³-hybridized carbons (Fsp3) is 1.00. The van der Waals surface area contributed by atoms with Gasteiger partial charge in [0.1, 0.15) is 0 Å². The van der Waals surface area contributed by atoms with Gasteiger partial charge in [0, 0.05) is 120 Å². The highest BCUT2D eigenvalue weighted by Crippen LogP contribution is 2.57. The third-order valence-corrected chi connectivity index (χ3v) is 20.5. The van der Waals surface area contributed by atoms with Gasteiger partial charge in [-0.15, -0.1) is 0 Å². The highest BCUT2D eigenvalue weighted by molar-refractivity contribution is 5.14. The van der Waals surface area contributed by atoms with Crippen LogP contribution in [-0.2, 0) is 0 Å². The summed E-state index contributed by atoms with van der Waals surface area (Å²) in [7, 11) is 6.65. The maximum absolute atomic E-state index is 3.62. The van der Waals surface area contributed by atoms with Crippen molar-refractivity contribution in [2.24, 2.45) is 35.5 Å². The molecule has 544 valence electrons. The first-order valence-electron chi connectivity index (χ1n) is 39.7. The van der Waals surface area contributed by atoms with Crippen LogP contribution in [0.4, 0.5) is 0 Å². The Morgan fingerprint density at radius 2 is 0.725 bits per heavy atom. The number of rotatable bonds is 25. The van der Waals surface area contributed by atoms with Crippen molar-refractivity contribution in [1.29, 1.82) is 0 Å². The zero-order chi connectivity index (χ0) is 68.8. The van der Waals surface area contributed by atoms with Gasteiger partial charge < -0.3 is 57.2 Å². The van der Waals surface area contributed by atoms with Crippen molar-refractivity contribution in [3.8, 4) is 0 Å². The van der Waals surface area contributed by atoms with Gasteiger partial charge in [0.15, 0.2) is 0 Å². The largest absolute Gasteiger partial charge is 0.314 e. The molecule has 0 saturated heterocycles. The molecule has 11 nitrogen and oxygen atoms in total. The molecule has 4 atom stereocenters. The van der Waals surface area contributed by atoms with Crippen molar-refractivity contribution in [3.63, 3.8) is 0 Å². The molecule has 0 aromatic heterocycles. The van der Waals surface area contributed by atoms with Gasteiger partial charge in [0.2, 0.25) is 0 Å². The Hall–Kier alpha value is -0.440. The average Bonchev–Trinajstić information content (AvgIpc) is 0.799. The van der Waals surface area contributed by atoms with Gasteiger partial charge in [0.25, 0.3) is 0 Å². The van der Waals surface area contributed by atoms with Crippen LogP contribution in [0.25, 0.3) is 0 Å². The lowest BCUT2D eigenvalue weighted by molar-refractivity contribution is -0.0561. The van der Waals surface area contributed by atoms with Crippen molar-refractivity contribution in [2.45, 2.75) is 441 Å². The van der Waals surface area contributed by atoms with Crippen molar-refractivity contribution >= 4 is 0 Å². The highest BCUT2D eigenvalue weighted by Gasteiger charge is 2.56. The molecule has 8 N–H and O–H groups in total. The standard InChI is InChI=1S/C8H15N.3C8H17N.6C7H15N.C6H13N/c1-6(2)9-8-3-7(4-8)5-8;1-7(2)9(3)6-8-4-5-8;1-7(2)9(3)8-5-4-6-8;1-7(2)9-6-8-4-3-5-8;1-6(2)8(3)7-4-5-7;1-6(2)8-7(3)4-5-7;2*1-5(2)8-7-4-6(7)3;1-6(2)8-5-7-3-4-7;1-6(2)8-7-4-3-5-7;1-5(2)7-6-3-4-6/h6-7,9H,3-5H2,1-2H3;2*7-8H,4-6H2,1-3H3;7-9H,3-6H2,1-2H3;6-7H,4-5H2,1-3H3;6,8H,4-5H2,1-3H3;2*5-8H,4H2,1-3H3;2*6-8H,3-5H2,1-2H3;5-7H,3-4H2,1-2H3/t;;;;;;2*6-,7-;;;/m......10.../s1. The molecule has 0 aromatic rings. The summed E-state index contributed by atoms with van der Waals surface area (Å²) in [5, 5.41) is 27.8. The summed E-state index contributed by atoms with van der Waals surface area (Å²) in [4.78, 5) is 7.35. The molecule has 0 unspecified atom stereocenters. The lowest BCUT2D eigenvalue weighted by atomic mass is 9.50. The Bertz CT molecular complexity index is 1670. The fourth-order valence-corrected chi connectivity index (χ4v) is 11.9. The first kappa shape index (κ1) is 86.6. The second kappa shape index (κ2) is 45.3. The van der Waals surface area contributed by atoms with E-state index < -0.39 is 0 Å². The van der Waals surface area contributed by atoms with Crippen LogP contribution in [0.1, 0.15) is 327 Å². The highest BCUT2D eigenvalue weighted by atomic mass is 15.2. The van der Waals surface area contributed by atoms with E-state index in [2.05, 4.69) is 251 Å². The fourth-order valence-electron chi connectivity index (χ4n) is 11.9. The minimum Gasteiger partial charge on any atom is -0.314 e. The van der Waals surface area contributed by atoms with Crippen LogP contribution in [0.5, 0.6) is 0 Å². The molecule has 13 saturated carbocycles. The van der Waals surface area contributed by atoms with E-state index in [0.29, 0.717) is 59.4 Å². The topological polar surface area (TPSA) is 106 Å². The Morgan fingerprint density at radius 1 is 0.374 bits per heavy atom. The molecule has 91 heavy (non-hydrogen) atoms. The predicted octanol–water partition coefficient (Wildman–Crippen LogP) is 16.8. The molecule has 0 aromatic carbocycles. The van der Waals surface area contributed by atoms with E-state index in [0.717, 1.165) is 89.9 Å². The van der Waals surface area contributed by atoms with E-state index >= 15 is 0 Å². The van der Waals surface area contributed by atoms with Crippen LogP contribution in [-0.4, -0.2) is 169 Å². The van der Waals surface area contributed by atoms with Crippen LogP contribution >= 0.6 is 0 Å². The Morgan fingerprint density at radius 3 is 0.879 bits per heavy atom. The summed E-state index contributed by atoms with van der Waals surface area (Å²) >= 11 is 0. The summed E-state index contributed by atoms with van der Waals surface area (Å²) in [6.45, 7) is 59.5. The minimum absolute atomic E-state index is 0.522. The molecule has 0 spiro atoms. The molecule has 2 bridgehead atoms. The van der Waals surface area contributed by atoms with Crippen LogP contribution in [0.3, 0.4) is 0 Å². The molecule has 13 fully saturated rings. The molecule has 0 aliphatic heterocycles. The van der Waals surface area contributed by atoms with Crippen molar-refractivity contribution in [3.05, 3.63) is 0 Å². The third kappa shape index (κ3) is 46.5. The van der Waals surface area contributed by atoms with E-state index in [1.807, 2.05) is 0 Å². The molecule has 0 amide bonds. The van der Waals surface area contributed by atoms with Crippen molar-refractivity contribution in [1.82, 2.24) is 57.2 Å². The van der Waals surface area contributed by atoms with E-state index in [4.69, 9.17) is 0 Å². The SMILES string of the molecule is CC(C)N(C)C1CC1.CC(C)N(C)C1CCC1.CC(C)N(C)CC1CC1.CC(C)NC1(C)CC1.CC(C)NC12CC(C1)C2.CC(C)NC1CC1.CC(C)NC1CCC1.CC(C)NCC1CC1.CC(C)NCC1CCC1.CC(C)N[C@@H]1C[C@H]1C.CC(C)N[C@H]1C[C@@H]1C. The van der Waals surface area contributed by atoms with Gasteiger partial charge in [-0.05, 0) is 253 Å². The van der Waals surface area contributed by atoms with Crippen molar-refractivity contribution in [2.75, 3.05) is 40.8 Å². The molecule has 0 radical (unpaired) electrons. The van der Waals surface area contributed by atoms with Gasteiger partial charge in [-0.2, -0.15) is 0 Å². The second-order valence-corrected chi connectivity index (χ2v) is 35.4. The van der Waals surface area contributed by atoms with Gasteiger partial charge in [-0.25, -0.2) is 0 Å². The average molecular weight is 1290 g/mol. The molecular formula is C80H169N11. The summed E-state index contributed by atoms with van der Waals surface area (Å²) in [5.74, 6) is 6.06. The van der Waals surface area contributed by atoms with Crippen molar-refractivity contribution < 1.29 is 0 Å².